The predicted octanol–water partition coefficient (Wildman–Crippen LogP) is 6.02. The van der Waals surface area contributed by atoms with Gasteiger partial charge in [0, 0.05) is 36.0 Å². The second-order valence-electron chi connectivity index (χ2n) is 7.23. The molecule has 3 aromatic rings. The number of para-hydroxylation sites is 1. The minimum atomic E-state index is -4.43. The van der Waals surface area contributed by atoms with E-state index >= 15 is 0 Å². The molecule has 1 heterocycles. The molecule has 154 valence electrons. The Hall–Kier alpha value is -2.76. The summed E-state index contributed by atoms with van der Waals surface area (Å²) < 4.78 is 39.7. The Morgan fingerprint density at radius 2 is 1.90 bits per heavy atom. The number of alkyl halides is 3. The molecule has 29 heavy (non-hydrogen) atoms. The summed E-state index contributed by atoms with van der Waals surface area (Å²) >= 11 is 0. The number of fused-ring (bicyclic) bond motifs is 1. The first-order valence-corrected chi connectivity index (χ1v) is 9.90. The molecule has 1 atom stereocenters. The van der Waals surface area contributed by atoms with Crippen molar-refractivity contribution in [3.63, 3.8) is 0 Å². The first-order chi connectivity index (χ1) is 13.9. The van der Waals surface area contributed by atoms with Crippen LogP contribution in [-0.4, -0.2) is 17.4 Å². The molecule has 0 saturated heterocycles. The molecule has 0 aliphatic carbocycles. The van der Waals surface area contributed by atoms with Crippen molar-refractivity contribution >= 4 is 16.8 Å². The number of nitrogens with one attached hydrogen (secondary N) is 2. The van der Waals surface area contributed by atoms with Gasteiger partial charge in [-0.25, -0.2) is 0 Å². The molecule has 0 fully saturated rings. The Morgan fingerprint density at radius 1 is 1.10 bits per heavy atom. The zero-order chi connectivity index (χ0) is 20.9. The van der Waals surface area contributed by atoms with Crippen molar-refractivity contribution < 1.29 is 18.0 Å². The van der Waals surface area contributed by atoms with Crippen molar-refractivity contribution in [2.24, 2.45) is 0 Å². The van der Waals surface area contributed by atoms with Gasteiger partial charge >= 0.3 is 6.18 Å². The van der Waals surface area contributed by atoms with E-state index in [1.54, 1.807) is 12.3 Å². The van der Waals surface area contributed by atoms with Crippen LogP contribution in [0.4, 0.5) is 13.2 Å². The molecule has 0 unspecified atom stereocenters. The molecular weight excluding hydrogens is 377 g/mol. The fourth-order valence-corrected chi connectivity index (χ4v) is 3.58. The van der Waals surface area contributed by atoms with E-state index in [4.69, 9.17) is 0 Å². The normalized spacial score (nSPS) is 12.8. The molecule has 1 aromatic heterocycles. The maximum absolute atomic E-state index is 13.2. The van der Waals surface area contributed by atoms with Gasteiger partial charge < -0.3 is 10.3 Å². The summed E-state index contributed by atoms with van der Waals surface area (Å²) in [5.41, 5.74) is 1.49. The SMILES string of the molecule is CCCCCNC(=O)C[C@@H](c1cccc(C(F)(F)F)c1)c1c[nH]c2ccccc12. The van der Waals surface area contributed by atoms with Crippen LogP contribution in [-0.2, 0) is 11.0 Å². The van der Waals surface area contributed by atoms with E-state index in [1.807, 2.05) is 24.3 Å². The van der Waals surface area contributed by atoms with Crippen molar-refractivity contribution in [3.05, 3.63) is 71.4 Å². The Labute approximate surface area is 168 Å². The highest BCUT2D eigenvalue weighted by Gasteiger charge is 2.31. The maximum Gasteiger partial charge on any atom is 0.416 e. The van der Waals surface area contributed by atoms with Crippen LogP contribution in [0.2, 0.25) is 0 Å². The third-order valence-corrected chi connectivity index (χ3v) is 5.10. The predicted molar refractivity (Wildman–Crippen MR) is 109 cm³/mol. The number of benzene rings is 2. The topological polar surface area (TPSA) is 44.9 Å². The number of H-pyrrole nitrogens is 1. The molecule has 3 rings (SSSR count). The van der Waals surface area contributed by atoms with Gasteiger partial charge in [-0.1, -0.05) is 56.2 Å². The molecule has 0 radical (unpaired) electrons. The Kier molecular flexibility index (Phi) is 6.62. The van der Waals surface area contributed by atoms with Gasteiger partial charge in [0.2, 0.25) is 5.91 Å². The summed E-state index contributed by atoms with van der Waals surface area (Å²) in [5.74, 6) is -0.631. The molecule has 3 nitrogen and oxygen atoms in total. The minimum absolute atomic E-state index is 0.0925. The molecule has 2 aromatic carbocycles. The van der Waals surface area contributed by atoms with Crippen LogP contribution in [0, 0.1) is 0 Å². The highest BCUT2D eigenvalue weighted by atomic mass is 19.4. The Morgan fingerprint density at radius 3 is 2.66 bits per heavy atom. The summed E-state index contributed by atoms with van der Waals surface area (Å²) in [5, 5.41) is 3.81. The van der Waals surface area contributed by atoms with Crippen molar-refractivity contribution in [1.29, 1.82) is 0 Å². The molecule has 0 aliphatic heterocycles. The second kappa shape index (κ2) is 9.16. The lowest BCUT2D eigenvalue weighted by molar-refractivity contribution is -0.137. The first kappa shape index (κ1) is 21.0. The smallest absolute Gasteiger partial charge is 0.361 e. The van der Waals surface area contributed by atoms with E-state index in [9.17, 15) is 18.0 Å². The fraction of sp³-hybridized carbons (Fsp3) is 0.348. The number of aromatic nitrogens is 1. The van der Waals surface area contributed by atoms with Gasteiger partial charge in [-0.15, -0.1) is 0 Å². The number of hydrogen-bond donors (Lipinski definition) is 2. The molecule has 2 N–H and O–H groups in total. The van der Waals surface area contributed by atoms with Gasteiger partial charge in [-0.2, -0.15) is 13.2 Å². The third kappa shape index (κ3) is 5.19. The number of carbonyl (C=O) groups is 1. The third-order valence-electron chi connectivity index (χ3n) is 5.10. The molecule has 0 spiro atoms. The van der Waals surface area contributed by atoms with Crippen LogP contribution in [0.5, 0.6) is 0 Å². The van der Waals surface area contributed by atoms with E-state index in [0.29, 0.717) is 12.1 Å². The summed E-state index contributed by atoms with van der Waals surface area (Å²) in [6, 6.07) is 12.9. The molecular formula is C23H25F3N2O. The molecule has 1 amide bonds. The van der Waals surface area contributed by atoms with Crippen LogP contribution >= 0.6 is 0 Å². The number of carbonyl (C=O) groups excluding carboxylic acids is 1. The van der Waals surface area contributed by atoms with Crippen LogP contribution in [0.25, 0.3) is 10.9 Å². The summed E-state index contributed by atoms with van der Waals surface area (Å²) in [6.07, 6.45) is 0.430. The standard InChI is InChI=1S/C23H25F3N2O/c1-2-3-6-12-27-22(29)14-19(16-8-7-9-17(13-16)23(24,25)26)20-15-28-21-11-5-4-10-18(20)21/h4-5,7-11,13,15,19,28H,2-3,6,12,14H2,1H3,(H,27,29)/t19-/m0/s1. The van der Waals surface area contributed by atoms with Crippen LogP contribution in [0.3, 0.4) is 0 Å². The minimum Gasteiger partial charge on any atom is -0.361 e. The number of hydrogen-bond acceptors (Lipinski definition) is 1. The summed E-state index contributed by atoms with van der Waals surface area (Å²) in [7, 11) is 0. The number of unbranched alkanes of at least 4 members (excludes halogenated alkanes) is 2. The lowest BCUT2D eigenvalue weighted by Gasteiger charge is -2.19. The lowest BCUT2D eigenvalue weighted by atomic mass is 9.87. The van der Waals surface area contributed by atoms with Crippen molar-refractivity contribution in [1.82, 2.24) is 10.3 Å². The molecule has 0 saturated carbocycles. The van der Waals surface area contributed by atoms with E-state index in [-0.39, 0.29) is 12.3 Å². The molecule has 6 heteroatoms. The maximum atomic E-state index is 13.2. The Balaban J connectivity index is 1.93. The lowest BCUT2D eigenvalue weighted by Crippen LogP contribution is -2.26. The van der Waals surface area contributed by atoms with Gasteiger partial charge in [0.1, 0.15) is 0 Å². The van der Waals surface area contributed by atoms with E-state index in [0.717, 1.165) is 47.9 Å². The van der Waals surface area contributed by atoms with Crippen LogP contribution in [0.1, 0.15) is 55.2 Å². The van der Waals surface area contributed by atoms with Gasteiger partial charge in [0.25, 0.3) is 0 Å². The van der Waals surface area contributed by atoms with E-state index < -0.39 is 17.7 Å². The molecule has 0 aliphatic rings. The van der Waals surface area contributed by atoms with Crippen LogP contribution in [0.15, 0.2) is 54.7 Å². The highest BCUT2D eigenvalue weighted by Crippen LogP contribution is 2.36. The fourth-order valence-electron chi connectivity index (χ4n) is 3.58. The molecule has 0 bridgehead atoms. The Bertz CT molecular complexity index is 962. The second-order valence-corrected chi connectivity index (χ2v) is 7.23. The van der Waals surface area contributed by atoms with Crippen molar-refractivity contribution in [2.75, 3.05) is 6.54 Å². The average molecular weight is 402 g/mol. The average Bonchev–Trinajstić information content (AvgIpc) is 3.13. The van der Waals surface area contributed by atoms with Crippen molar-refractivity contribution in [3.8, 4) is 0 Å². The van der Waals surface area contributed by atoms with Gasteiger partial charge in [0.15, 0.2) is 0 Å². The summed E-state index contributed by atoms with van der Waals surface area (Å²) in [4.78, 5) is 15.7. The van der Waals surface area contributed by atoms with E-state index in [1.165, 1.54) is 6.07 Å². The number of amides is 1. The zero-order valence-corrected chi connectivity index (χ0v) is 16.4. The monoisotopic (exact) mass is 402 g/mol. The number of halogens is 3. The van der Waals surface area contributed by atoms with Crippen LogP contribution < -0.4 is 5.32 Å². The highest BCUT2D eigenvalue weighted by molar-refractivity contribution is 5.86. The number of rotatable bonds is 8. The quantitative estimate of drug-likeness (QED) is 0.445. The van der Waals surface area contributed by atoms with Crippen molar-refractivity contribution in [2.45, 2.75) is 44.7 Å². The zero-order valence-electron chi connectivity index (χ0n) is 16.4. The van der Waals surface area contributed by atoms with Gasteiger partial charge in [0.05, 0.1) is 5.56 Å². The summed E-state index contributed by atoms with van der Waals surface area (Å²) in [6.45, 7) is 2.67. The largest absolute Gasteiger partial charge is 0.416 e. The first-order valence-electron chi connectivity index (χ1n) is 9.90. The number of aromatic amines is 1. The van der Waals surface area contributed by atoms with Gasteiger partial charge in [-0.3, -0.25) is 4.79 Å². The van der Waals surface area contributed by atoms with E-state index in [2.05, 4.69) is 17.2 Å². The van der Waals surface area contributed by atoms with Gasteiger partial charge in [-0.05, 0) is 29.7 Å².